The predicted molar refractivity (Wildman–Crippen MR) is 61.6 cm³/mol. The minimum Gasteiger partial charge on any atom is -0.487 e. The van der Waals surface area contributed by atoms with Crippen LogP contribution >= 0.6 is 24.0 Å². The Morgan fingerprint density at radius 2 is 2.29 bits per heavy atom. The highest BCUT2D eigenvalue weighted by Crippen LogP contribution is 2.37. The van der Waals surface area contributed by atoms with E-state index in [1.54, 1.807) is 18.4 Å². The smallest absolute Gasteiger partial charge is 0.174 e. The quantitative estimate of drug-likeness (QED) is 0.771. The second-order valence-electron chi connectivity index (χ2n) is 2.91. The maximum atomic E-state index is 9.15. The lowest BCUT2D eigenvalue weighted by Gasteiger charge is -1.99. The topological polar surface area (TPSA) is 29.5 Å². The minimum absolute atomic E-state index is 0.0461. The fraction of sp³-hybridized carbons (Fsp3) is 0.200. The summed E-state index contributed by atoms with van der Waals surface area (Å²) in [5.74, 6) is 0. The van der Waals surface area contributed by atoms with Gasteiger partial charge in [-0.2, -0.15) is 0 Å². The van der Waals surface area contributed by atoms with Crippen LogP contribution in [-0.2, 0) is 6.61 Å². The summed E-state index contributed by atoms with van der Waals surface area (Å²) in [7, 11) is 1.64. The summed E-state index contributed by atoms with van der Waals surface area (Å²) in [6, 6.07) is 5.72. The SMILES string of the molecule is COc1cc2c(CO)ccc(S)c2s1. The molecule has 4 heteroatoms. The second-order valence-corrected chi connectivity index (χ2v) is 4.41. The molecule has 0 saturated heterocycles. The number of hydrogen-bond donors (Lipinski definition) is 2. The van der Waals surface area contributed by atoms with Crippen LogP contribution < -0.4 is 4.74 Å². The zero-order valence-electron chi connectivity index (χ0n) is 7.65. The van der Waals surface area contributed by atoms with Crippen molar-refractivity contribution in [3.05, 3.63) is 23.8 Å². The van der Waals surface area contributed by atoms with Crippen LogP contribution in [0.4, 0.5) is 0 Å². The number of thiophene rings is 1. The molecule has 1 N–H and O–H groups in total. The van der Waals surface area contributed by atoms with Crippen molar-refractivity contribution in [2.45, 2.75) is 11.5 Å². The van der Waals surface area contributed by atoms with Gasteiger partial charge >= 0.3 is 0 Å². The average Bonchev–Trinajstić information content (AvgIpc) is 2.63. The normalized spacial score (nSPS) is 10.8. The number of aliphatic hydroxyl groups is 1. The molecule has 0 saturated carbocycles. The fourth-order valence-electron chi connectivity index (χ4n) is 1.38. The van der Waals surface area contributed by atoms with Gasteiger partial charge in [-0.15, -0.1) is 12.6 Å². The molecule has 1 heterocycles. The molecule has 2 rings (SSSR count). The largest absolute Gasteiger partial charge is 0.487 e. The second kappa shape index (κ2) is 3.81. The van der Waals surface area contributed by atoms with Gasteiger partial charge in [-0.3, -0.25) is 0 Å². The van der Waals surface area contributed by atoms with Crippen molar-refractivity contribution in [2.75, 3.05) is 7.11 Å². The molecule has 1 aromatic heterocycles. The van der Waals surface area contributed by atoms with Gasteiger partial charge in [0.25, 0.3) is 0 Å². The fourth-order valence-corrected chi connectivity index (χ4v) is 2.65. The number of hydrogen-bond acceptors (Lipinski definition) is 4. The van der Waals surface area contributed by atoms with E-state index in [1.807, 2.05) is 18.2 Å². The number of ether oxygens (including phenoxy) is 1. The van der Waals surface area contributed by atoms with E-state index < -0.39 is 0 Å². The van der Waals surface area contributed by atoms with E-state index in [-0.39, 0.29) is 6.61 Å². The average molecular weight is 226 g/mol. The van der Waals surface area contributed by atoms with Gasteiger partial charge < -0.3 is 9.84 Å². The molecular weight excluding hydrogens is 216 g/mol. The lowest BCUT2D eigenvalue weighted by atomic mass is 10.1. The molecular formula is C10H10O2S2. The molecule has 14 heavy (non-hydrogen) atoms. The Labute approximate surface area is 91.5 Å². The first-order valence-corrected chi connectivity index (χ1v) is 5.42. The third-order valence-corrected chi connectivity index (χ3v) is 3.76. The van der Waals surface area contributed by atoms with Gasteiger partial charge in [-0.1, -0.05) is 17.4 Å². The molecule has 0 unspecified atom stereocenters. The summed E-state index contributed by atoms with van der Waals surface area (Å²) in [5.41, 5.74) is 0.914. The molecule has 0 bridgehead atoms. The Hall–Kier alpha value is -0.710. The number of rotatable bonds is 2. The number of thiol groups is 1. The van der Waals surface area contributed by atoms with Gasteiger partial charge in [-0.05, 0) is 17.7 Å². The van der Waals surface area contributed by atoms with Gasteiger partial charge in [0.15, 0.2) is 5.06 Å². The summed E-state index contributed by atoms with van der Waals surface area (Å²) in [4.78, 5) is 0.922. The van der Waals surface area contributed by atoms with Crippen molar-refractivity contribution in [2.24, 2.45) is 0 Å². The number of methoxy groups -OCH3 is 1. The number of benzene rings is 1. The van der Waals surface area contributed by atoms with E-state index >= 15 is 0 Å². The van der Waals surface area contributed by atoms with Crippen molar-refractivity contribution in [3.63, 3.8) is 0 Å². The van der Waals surface area contributed by atoms with Gasteiger partial charge in [0.2, 0.25) is 0 Å². The molecule has 0 radical (unpaired) electrons. The predicted octanol–water partition coefficient (Wildman–Crippen LogP) is 2.69. The van der Waals surface area contributed by atoms with E-state index in [2.05, 4.69) is 12.6 Å². The summed E-state index contributed by atoms with van der Waals surface area (Å²) in [6.45, 7) is 0.0461. The van der Waals surface area contributed by atoms with E-state index in [9.17, 15) is 0 Å². The molecule has 74 valence electrons. The van der Waals surface area contributed by atoms with Crippen LogP contribution in [-0.4, -0.2) is 12.2 Å². The maximum Gasteiger partial charge on any atom is 0.174 e. The zero-order valence-corrected chi connectivity index (χ0v) is 9.36. The van der Waals surface area contributed by atoms with Crippen LogP contribution in [0, 0.1) is 0 Å². The van der Waals surface area contributed by atoms with E-state index in [1.165, 1.54) is 0 Å². The molecule has 0 aliphatic carbocycles. The molecule has 0 atom stereocenters. The van der Waals surface area contributed by atoms with Crippen LogP contribution in [0.25, 0.3) is 10.1 Å². The van der Waals surface area contributed by atoms with Gasteiger partial charge in [0.1, 0.15) is 0 Å². The Bertz CT molecular complexity index is 462. The highest BCUT2D eigenvalue weighted by Gasteiger charge is 2.08. The Balaban J connectivity index is 2.74. The summed E-state index contributed by atoms with van der Waals surface area (Å²) >= 11 is 5.91. The first-order chi connectivity index (χ1) is 6.76. The highest BCUT2D eigenvalue weighted by molar-refractivity contribution is 7.80. The molecule has 0 aliphatic heterocycles. The lowest BCUT2D eigenvalue weighted by Crippen LogP contribution is -1.83. The van der Waals surface area contributed by atoms with Crippen LogP contribution in [0.2, 0.25) is 0 Å². The van der Waals surface area contributed by atoms with Crippen molar-refractivity contribution in [3.8, 4) is 5.06 Å². The Kier molecular flexibility index (Phi) is 2.67. The summed E-state index contributed by atoms with van der Waals surface area (Å²) in [6.07, 6.45) is 0. The molecule has 2 aromatic rings. The highest BCUT2D eigenvalue weighted by atomic mass is 32.1. The number of fused-ring (bicyclic) bond motifs is 1. The lowest BCUT2D eigenvalue weighted by molar-refractivity contribution is 0.283. The first-order valence-electron chi connectivity index (χ1n) is 4.15. The monoisotopic (exact) mass is 226 g/mol. The van der Waals surface area contributed by atoms with Gasteiger partial charge in [0, 0.05) is 10.3 Å². The Morgan fingerprint density at radius 1 is 1.50 bits per heavy atom. The van der Waals surface area contributed by atoms with E-state index in [0.29, 0.717) is 0 Å². The standard InChI is InChI=1S/C10H10O2S2/c1-12-9-4-7-6(5-11)2-3-8(13)10(7)14-9/h2-4,11,13H,5H2,1H3. The number of aliphatic hydroxyl groups excluding tert-OH is 1. The van der Waals surface area contributed by atoms with Gasteiger partial charge in [0.05, 0.1) is 18.4 Å². The molecule has 1 aromatic carbocycles. The summed E-state index contributed by atoms with van der Waals surface area (Å²) in [5, 5.41) is 11.0. The van der Waals surface area contributed by atoms with Crippen molar-refractivity contribution in [1.29, 1.82) is 0 Å². The van der Waals surface area contributed by atoms with E-state index in [4.69, 9.17) is 9.84 Å². The van der Waals surface area contributed by atoms with Crippen LogP contribution in [0.3, 0.4) is 0 Å². The zero-order chi connectivity index (χ0) is 10.1. The molecule has 0 spiro atoms. The van der Waals surface area contributed by atoms with Crippen LogP contribution in [0.1, 0.15) is 5.56 Å². The molecule has 0 aliphatic rings. The minimum atomic E-state index is 0.0461. The van der Waals surface area contributed by atoms with Gasteiger partial charge in [-0.25, -0.2) is 0 Å². The Morgan fingerprint density at radius 3 is 2.93 bits per heavy atom. The third-order valence-electron chi connectivity index (χ3n) is 2.10. The van der Waals surface area contributed by atoms with Crippen molar-refractivity contribution < 1.29 is 9.84 Å². The molecule has 2 nitrogen and oxygen atoms in total. The third kappa shape index (κ3) is 1.49. The van der Waals surface area contributed by atoms with Crippen LogP contribution in [0.15, 0.2) is 23.1 Å². The van der Waals surface area contributed by atoms with Crippen molar-refractivity contribution >= 4 is 34.1 Å². The molecule has 0 amide bonds. The summed E-state index contributed by atoms with van der Waals surface area (Å²) < 4.78 is 6.22. The first kappa shape index (κ1) is 9.83. The van der Waals surface area contributed by atoms with Crippen molar-refractivity contribution in [1.82, 2.24) is 0 Å². The van der Waals surface area contributed by atoms with E-state index in [0.717, 1.165) is 25.6 Å². The maximum absolute atomic E-state index is 9.15. The molecule has 0 fully saturated rings. The van der Waals surface area contributed by atoms with Crippen LogP contribution in [0.5, 0.6) is 5.06 Å².